The van der Waals surface area contributed by atoms with E-state index < -0.39 is 23.2 Å². The molecule has 0 spiro atoms. The van der Waals surface area contributed by atoms with Gasteiger partial charge in [-0.15, -0.1) is 0 Å². The summed E-state index contributed by atoms with van der Waals surface area (Å²) in [5.74, 6) is -0.758. The monoisotopic (exact) mass is 480 g/mol. The van der Waals surface area contributed by atoms with Gasteiger partial charge in [0.2, 0.25) is 5.91 Å². The number of hydrogen-bond donors (Lipinski definition) is 4. The van der Waals surface area contributed by atoms with Crippen molar-refractivity contribution in [2.75, 3.05) is 37.4 Å². The van der Waals surface area contributed by atoms with E-state index in [1.807, 2.05) is 60.7 Å². The Morgan fingerprint density at radius 3 is 2.29 bits per heavy atom. The van der Waals surface area contributed by atoms with Gasteiger partial charge in [-0.25, -0.2) is 9.59 Å². The lowest BCUT2D eigenvalue weighted by Gasteiger charge is -2.25. The summed E-state index contributed by atoms with van der Waals surface area (Å²) in [6.45, 7) is 0.293. The minimum absolute atomic E-state index is 0.0579. The van der Waals surface area contributed by atoms with Crippen molar-refractivity contribution in [1.82, 2.24) is 20.2 Å². The third-order valence-electron chi connectivity index (χ3n) is 5.16. The second-order valence-electron chi connectivity index (χ2n) is 7.70. The molecule has 0 fully saturated rings. The number of ether oxygens (including phenoxy) is 1. The van der Waals surface area contributed by atoms with Crippen LogP contribution in [0.15, 0.2) is 70.3 Å². The molecule has 1 heterocycles. The summed E-state index contributed by atoms with van der Waals surface area (Å²) >= 11 is 0. The normalized spacial score (nSPS) is 10.5. The second kappa shape index (κ2) is 12.2. The molecule has 0 aliphatic heterocycles. The smallest absolute Gasteiger partial charge is 0.330 e. The van der Waals surface area contributed by atoms with Gasteiger partial charge in [0.05, 0.1) is 19.7 Å². The number of benzene rings is 2. The van der Waals surface area contributed by atoms with E-state index in [1.165, 1.54) is 16.6 Å². The SMILES string of the molecule is COCCN(CC(=O)NC(=O)NCc1ccccc1)c1c(N)n(Cc2ccccc2)c(=O)[nH]c1=O. The number of nitrogens with one attached hydrogen (secondary N) is 3. The molecular weight excluding hydrogens is 452 g/mol. The molecule has 0 radical (unpaired) electrons. The first-order valence-corrected chi connectivity index (χ1v) is 10.9. The number of aromatic amines is 1. The van der Waals surface area contributed by atoms with E-state index in [4.69, 9.17) is 10.5 Å². The number of anilines is 2. The average molecular weight is 481 g/mol. The van der Waals surface area contributed by atoms with Gasteiger partial charge in [-0.1, -0.05) is 60.7 Å². The first-order chi connectivity index (χ1) is 16.9. The van der Waals surface area contributed by atoms with E-state index in [0.29, 0.717) is 0 Å². The van der Waals surface area contributed by atoms with Crippen molar-refractivity contribution < 1.29 is 14.3 Å². The van der Waals surface area contributed by atoms with Crippen LogP contribution in [0.5, 0.6) is 0 Å². The van der Waals surface area contributed by atoms with Gasteiger partial charge in [0.25, 0.3) is 5.56 Å². The fourth-order valence-corrected chi connectivity index (χ4v) is 3.44. The lowest BCUT2D eigenvalue weighted by atomic mass is 10.2. The highest BCUT2D eigenvalue weighted by Crippen LogP contribution is 2.17. The predicted molar refractivity (Wildman–Crippen MR) is 132 cm³/mol. The molecule has 0 aliphatic rings. The molecular formula is C24H28N6O5. The summed E-state index contributed by atoms with van der Waals surface area (Å²) in [5.41, 5.74) is 6.45. The maximum absolute atomic E-state index is 12.7. The summed E-state index contributed by atoms with van der Waals surface area (Å²) in [6, 6.07) is 17.7. The predicted octanol–water partition coefficient (Wildman–Crippen LogP) is 0.646. The number of rotatable bonds is 10. The van der Waals surface area contributed by atoms with Gasteiger partial charge >= 0.3 is 11.7 Å². The lowest BCUT2D eigenvalue weighted by Crippen LogP contribution is -2.47. The van der Waals surface area contributed by atoms with Crippen molar-refractivity contribution in [2.24, 2.45) is 0 Å². The topological polar surface area (TPSA) is 152 Å². The standard InChI is InChI=1S/C24H28N6O5/c1-35-13-12-29(16-19(31)27-23(33)26-14-17-8-4-2-5-9-17)20-21(25)30(24(34)28-22(20)32)15-18-10-6-3-7-11-18/h2-11H,12-16,25H2,1H3,(H,28,32,34)(H2,26,27,31,33). The molecule has 0 unspecified atom stereocenters. The van der Waals surface area contributed by atoms with Crippen molar-refractivity contribution in [3.8, 4) is 0 Å². The molecule has 5 N–H and O–H groups in total. The van der Waals surface area contributed by atoms with Crippen molar-refractivity contribution in [3.63, 3.8) is 0 Å². The van der Waals surface area contributed by atoms with Gasteiger partial charge < -0.3 is 20.7 Å². The van der Waals surface area contributed by atoms with E-state index in [1.54, 1.807) is 0 Å². The first kappa shape index (κ1) is 25.2. The summed E-state index contributed by atoms with van der Waals surface area (Å²) < 4.78 is 6.32. The molecule has 0 saturated heterocycles. The fourth-order valence-electron chi connectivity index (χ4n) is 3.44. The number of methoxy groups -OCH3 is 1. The zero-order valence-corrected chi connectivity index (χ0v) is 19.3. The minimum Gasteiger partial charge on any atom is -0.383 e. The van der Waals surface area contributed by atoms with E-state index in [2.05, 4.69) is 15.6 Å². The van der Waals surface area contributed by atoms with Crippen LogP contribution in [0.4, 0.5) is 16.3 Å². The van der Waals surface area contributed by atoms with Crippen molar-refractivity contribution >= 4 is 23.4 Å². The van der Waals surface area contributed by atoms with Crippen molar-refractivity contribution in [2.45, 2.75) is 13.1 Å². The summed E-state index contributed by atoms with van der Waals surface area (Å²) in [7, 11) is 1.47. The number of carbonyl (C=O) groups is 2. The molecule has 3 rings (SSSR count). The molecule has 11 heteroatoms. The molecule has 0 saturated carbocycles. The van der Waals surface area contributed by atoms with Crippen LogP contribution in [0.25, 0.3) is 0 Å². The molecule has 3 amide bonds. The van der Waals surface area contributed by atoms with E-state index >= 15 is 0 Å². The molecule has 3 aromatic rings. The zero-order valence-electron chi connectivity index (χ0n) is 19.3. The third kappa shape index (κ3) is 7.05. The second-order valence-corrected chi connectivity index (χ2v) is 7.70. The van der Waals surface area contributed by atoms with Crippen LogP contribution >= 0.6 is 0 Å². The number of H-pyrrole nitrogens is 1. The number of nitrogen functional groups attached to an aromatic ring is 1. The highest BCUT2D eigenvalue weighted by molar-refractivity contribution is 5.96. The quantitative estimate of drug-likeness (QED) is 0.332. The zero-order chi connectivity index (χ0) is 25.2. The number of nitrogens with zero attached hydrogens (tertiary/aromatic N) is 2. The minimum atomic E-state index is -0.741. The molecule has 184 valence electrons. The Kier molecular flexibility index (Phi) is 8.79. The van der Waals surface area contributed by atoms with Crippen LogP contribution in [0, 0.1) is 0 Å². The van der Waals surface area contributed by atoms with Crippen LogP contribution in [-0.2, 0) is 22.6 Å². The van der Waals surface area contributed by atoms with E-state index in [-0.39, 0.29) is 44.3 Å². The van der Waals surface area contributed by atoms with E-state index in [9.17, 15) is 19.2 Å². The number of urea groups is 1. The summed E-state index contributed by atoms with van der Waals surface area (Å²) in [4.78, 5) is 53.6. The Hall–Kier alpha value is -4.38. The molecule has 2 aromatic carbocycles. The van der Waals surface area contributed by atoms with Crippen LogP contribution < -0.4 is 32.5 Å². The average Bonchev–Trinajstić information content (AvgIpc) is 2.84. The van der Waals surface area contributed by atoms with E-state index in [0.717, 1.165) is 11.1 Å². The Morgan fingerprint density at radius 1 is 1.03 bits per heavy atom. The number of hydrogen-bond acceptors (Lipinski definition) is 7. The highest BCUT2D eigenvalue weighted by atomic mass is 16.5. The number of nitrogens with two attached hydrogens (primary N) is 1. The van der Waals surface area contributed by atoms with Crippen molar-refractivity contribution in [3.05, 3.63) is 92.6 Å². The number of carbonyl (C=O) groups excluding carboxylic acids is 2. The van der Waals surface area contributed by atoms with Crippen molar-refractivity contribution in [1.29, 1.82) is 0 Å². The van der Waals surface area contributed by atoms with Crippen LogP contribution in [0.1, 0.15) is 11.1 Å². The van der Waals surface area contributed by atoms with Gasteiger partial charge in [-0.05, 0) is 11.1 Å². The molecule has 0 aliphatic carbocycles. The Bertz CT molecular complexity index is 1260. The Balaban J connectivity index is 1.77. The first-order valence-electron chi connectivity index (χ1n) is 10.9. The summed E-state index contributed by atoms with van der Waals surface area (Å²) in [5, 5.41) is 4.84. The van der Waals surface area contributed by atoms with Gasteiger partial charge in [-0.2, -0.15) is 0 Å². The Labute approximate surface area is 201 Å². The molecule has 11 nitrogen and oxygen atoms in total. The number of amides is 3. The summed E-state index contributed by atoms with van der Waals surface area (Å²) in [6.07, 6.45) is 0. The largest absolute Gasteiger partial charge is 0.383 e. The maximum Gasteiger partial charge on any atom is 0.330 e. The Morgan fingerprint density at radius 2 is 1.66 bits per heavy atom. The highest BCUT2D eigenvalue weighted by Gasteiger charge is 2.22. The maximum atomic E-state index is 12.7. The molecule has 35 heavy (non-hydrogen) atoms. The van der Waals surface area contributed by atoms with Crippen LogP contribution in [0.3, 0.4) is 0 Å². The fraction of sp³-hybridized carbons (Fsp3) is 0.250. The third-order valence-corrected chi connectivity index (χ3v) is 5.16. The van der Waals surface area contributed by atoms with Gasteiger partial charge in [-0.3, -0.25) is 24.5 Å². The number of aromatic nitrogens is 2. The molecule has 1 aromatic heterocycles. The van der Waals surface area contributed by atoms with Gasteiger partial charge in [0, 0.05) is 20.2 Å². The van der Waals surface area contributed by atoms with Crippen LogP contribution in [0.2, 0.25) is 0 Å². The van der Waals surface area contributed by atoms with Gasteiger partial charge in [0.1, 0.15) is 11.5 Å². The molecule has 0 bridgehead atoms. The lowest BCUT2D eigenvalue weighted by molar-refractivity contribution is -0.118. The van der Waals surface area contributed by atoms with Gasteiger partial charge in [0.15, 0.2) is 0 Å². The van der Waals surface area contributed by atoms with Crippen LogP contribution in [-0.4, -0.2) is 48.3 Å². The molecule has 0 atom stereocenters. The number of imide groups is 1.